The molecular weight excluding hydrogens is 136 g/mol. The van der Waals surface area contributed by atoms with Gasteiger partial charge in [-0.05, 0) is 45.2 Å². The van der Waals surface area contributed by atoms with Gasteiger partial charge in [-0.3, -0.25) is 0 Å². The second kappa shape index (κ2) is 2.76. The van der Waals surface area contributed by atoms with Gasteiger partial charge in [0, 0.05) is 12.1 Å². The number of nitrogens with zero attached hydrogens (tertiary/aromatic N) is 1. The summed E-state index contributed by atoms with van der Waals surface area (Å²) in [6, 6.07) is 1.37. The van der Waals surface area contributed by atoms with Crippen molar-refractivity contribution >= 4 is 0 Å². The molecule has 0 aromatic rings. The van der Waals surface area contributed by atoms with Gasteiger partial charge in [-0.2, -0.15) is 0 Å². The van der Waals surface area contributed by atoms with Crippen LogP contribution in [0.3, 0.4) is 0 Å². The summed E-state index contributed by atoms with van der Waals surface area (Å²) >= 11 is 0. The summed E-state index contributed by atoms with van der Waals surface area (Å²) in [6.45, 7) is 1.29. The first-order valence-electron chi connectivity index (χ1n) is 4.73. The van der Waals surface area contributed by atoms with E-state index >= 15 is 0 Å². The second-order valence-corrected chi connectivity index (χ2v) is 4.17. The van der Waals surface area contributed by atoms with Crippen LogP contribution in [-0.2, 0) is 0 Å². The van der Waals surface area contributed by atoms with Gasteiger partial charge in [0.25, 0.3) is 0 Å². The molecule has 2 heteroatoms. The lowest BCUT2D eigenvalue weighted by Gasteiger charge is -2.32. The normalized spacial score (nSPS) is 45.8. The van der Waals surface area contributed by atoms with Crippen LogP contribution < -0.4 is 5.73 Å². The highest BCUT2D eigenvalue weighted by atomic mass is 15.2. The number of hydrogen-bond donors (Lipinski definition) is 1. The van der Waals surface area contributed by atoms with Crippen molar-refractivity contribution in [2.75, 3.05) is 13.6 Å². The van der Waals surface area contributed by atoms with Crippen LogP contribution in [0.25, 0.3) is 0 Å². The van der Waals surface area contributed by atoms with Crippen LogP contribution in [0.4, 0.5) is 0 Å². The highest BCUT2D eigenvalue weighted by molar-refractivity contribution is 4.91. The topological polar surface area (TPSA) is 29.3 Å². The standard InChI is InChI=1S/C9H18N2/c1-11-5-4-7-6-8(10)2-3-9(7)11/h7-9H,2-6,10H2,1H3. The zero-order valence-electron chi connectivity index (χ0n) is 7.29. The van der Waals surface area contributed by atoms with Crippen LogP contribution in [0.1, 0.15) is 25.7 Å². The van der Waals surface area contributed by atoms with E-state index in [4.69, 9.17) is 5.73 Å². The summed E-state index contributed by atoms with van der Waals surface area (Å²) in [4.78, 5) is 2.51. The molecule has 1 saturated heterocycles. The van der Waals surface area contributed by atoms with E-state index in [0.29, 0.717) is 6.04 Å². The minimum Gasteiger partial charge on any atom is -0.328 e. The molecule has 0 bridgehead atoms. The molecule has 0 aromatic heterocycles. The molecule has 1 aliphatic heterocycles. The van der Waals surface area contributed by atoms with E-state index in [1.165, 1.54) is 32.2 Å². The summed E-state index contributed by atoms with van der Waals surface area (Å²) in [5.41, 5.74) is 5.92. The van der Waals surface area contributed by atoms with Gasteiger partial charge in [0.2, 0.25) is 0 Å². The molecule has 0 spiro atoms. The molecule has 2 aliphatic rings. The summed E-state index contributed by atoms with van der Waals surface area (Å²) in [5.74, 6) is 0.920. The summed E-state index contributed by atoms with van der Waals surface area (Å²) in [6.07, 6.45) is 5.23. The molecule has 2 rings (SSSR count). The number of likely N-dealkylation sites (tertiary alicyclic amines) is 1. The summed E-state index contributed by atoms with van der Waals surface area (Å²) < 4.78 is 0. The summed E-state index contributed by atoms with van der Waals surface area (Å²) in [5, 5.41) is 0. The van der Waals surface area contributed by atoms with E-state index in [1.54, 1.807) is 0 Å². The molecule has 64 valence electrons. The zero-order valence-corrected chi connectivity index (χ0v) is 7.29. The average Bonchev–Trinajstić information content (AvgIpc) is 2.32. The molecule has 1 heterocycles. The van der Waals surface area contributed by atoms with Crippen molar-refractivity contribution in [3.63, 3.8) is 0 Å². The molecular formula is C9H18N2. The van der Waals surface area contributed by atoms with Crippen LogP contribution in [-0.4, -0.2) is 30.6 Å². The van der Waals surface area contributed by atoms with Gasteiger partial charge in [-0.1, -0.05) is 0 Å². The Kier molecular flexibility index (Phi) is 1.90. The van der Waals surface area contributed by atoms with Gasteiger partial charge in [0.15, 0.2) is 0 Å². The first-order chi connectivity index (χ1) is 5.27. The Balaban J connectivity index is 2.00. The maximum absolute atomic E-state index is 5.92. The van der Waals surface area contributed by atoms with Gasteiger partial charge in [0.05, 0.1) is 0 Å². The quantitative estimate of drug-likeness (QED) is 0.559. The van der Waals surface area contributed by atoms with Gasteiger partial charge in [0.1, 0.15) is 0 Å². The predicted octanol–water partition coefficient (Wildman–Crippen LogP) is 0.818. The molecule has 3 unspecified atom stereocenters. The molecule has 0 radical (unpaired) electrons. The van der Waals surface area contributed by atoms with Gasteiger partial charge >= 0.3 is 0 Å². The Hall–Kier alpha value is -0.0800. The average molecular weight is 154 g/mol. The van der Waals surface area contributed by atoms with Crippen LogP contribution in [0.2, 0.25) is 0 Å². The van der Waals surface area contributed by atoms with Gasteiger partial charge in [-0.25, -0.2) is 0 Å². The Bertz CT molecular complexity index is 146. The molecule has 1 aliphatic carbocycles. The Labute approximate surface area is 68.7 Å². The molecule has 1 saturated carbocycles. The van der Waals surface area contributed by atoms with Crippen LogP contribution in [0, 0.1) is 5.92 Å². The van der Waals surface area contributed by atoms with Crippen molar-refractivity contribution in [3.8, 4) is 0 Å². The Morgan fingerprint density at radius 1 is 1.27 bits per heavy atom. The van der Waals surface area contributed by atoms with Crippen molar-refractivity contribution in [3.05, 3.63) is 0 Å². The molecule has 0 amide bonds. The molecule has 11 heavy (non-hydrogen) atoms. The van der Waals surface area contributed by atoms with Gasteiger partial charge < -0.3 is 10.6 Å². The molecule has 2 nitrogen and oxygen atoms in total. The van der Waals surface area contributed by atoms with Crippen LogP contribution >= 0.6 is 0 Å². The first kappa shape index (κ1) is 7.56. The maximum atomic E-state index is 5.92. The maximum Gasteiger partial charge on any atom is 0.0122 e. The largest absolute Gasteiger partial charge is 0.328 e. The van der Waals surface area contributed by atoms with E-state index in [9.17, 15) is 0 Å². The lowest BCUT2D eigenvalue weighted by molar-refractivity contribution is 0.201. The zero-order chi connectivity index (χ0) is 7.84. The van der Waals surface area contributed by atoms with Crippen molar-refractivity contribution < 1.29 is 0 Å². The fourth-order valence-corrected chi connectivity index (χ4v) is 2.71. The number of fused-ring (bicyclic) bond motifs is 1. The van der Waals surface area contributed by atoms with Crippen LogP contribution in [0.5, 0.6) is 0 Å². The first-order valence-corrected chi connectivity index (χ1v) is 4.73. The second-order valence-electron chi connectivity index (χ2n) is 4.17. The fraction of sp³-hybridized carbons (Fsp3) is 1.00. The van der Waals surface area contributed by atoms with E-state index in [1.807, 2.05) is 0 Å². The van der Waals surface area contributed by atoms with E-state index in [0.717, 1.165) is 12.0 Å². The minimum atomic E-state index is 0.503. The lowest BCUT2D eigenvalue weighted by atomic mass is 9.82. The molecule has 2 fully saturated rings. The Morgan fingerprint density at radius 3 is 2.91 bits per heavy atom. The fourth-order valence-electron chi connectivity index (χ4n) is 2.71. The SMILES string of the molecule is CN1CCC2CC(N)CCC21. The van der Waals surface area contributed by atoms with Crippen molar-refractivity contribution in [1.29, 1.82) is 0 Å². The summed E-state index contributed by atoms with van der Waals surface area (Å²) in [7, 11) is 2.25. The van der Waals surface area contributed by atoms with Crippen molar-refractivity contribution in [1.82, 2.24) is 4.90 Å². The Morgan fingerprint density at radius 2 is 2.09 bits per heavy atom. The highest BCUT2D eigenvalue weighted by Crippen LogP contribution is 2.34. The van der Waals surface area contributed by atoms with E-state index < -0.39 is 0 Å². The number of rotatable bonds is 0. The van der Waals surface area contributed by atoms with Gasteiger partial charge in [-0.15, -0.1) is 0 Å². The number of hydrogen-bond acceptors (Lipinski definition) is 2. The molecule has 3 atom stereocenters. The highest BCUT2D eigenvalue weighted by Gasteiger charge is 2.35. The predicted molar refractivity (Wildman–Crippen MR) is 46.4 cm³/mol. The van der Waals surface area contributed by atoms with Crippen molar-refractivity contribution in [2.45, 2.75) is 37.8 Å². The van der Waals surface area contributed by atoms with Crippen LogP contribution in [0.15, 0.2) is 0 Å². The third-order valence-corrected chi connectivity index (χ3v) is 3.40. The molecule has 0 aromatic carbocycles. The lowest BCUT2D eigenvalue weighted by Crippen LogP contribution is -2.38. The van der Waals surface area contributed by atoms with E-state index in [-0.39, 0.29) is 0 Å². The van der Waals surface area contributed by atoms with E-state index in [2.05, 4.69) is 11.9 Å². The third kappa shape index (κ3) is 1.30. The van der Waals surface area contributed by atoms with Crippen molar-refractivity contribution in [2.24, 2.45) is 11.7 Å². The third-order valence-electron chi connectivity index (χ3n) is 3.40. The molecule has 2 N–H and O–H groups in total. The number of nitrogens with two attached hydrogens (primary N) is 1. The smallest absolute Gasteiger partial charge is 0.0122 e. The minimum absolute atomic E-state index is 0.503. The monoisotopic (exact) mass is 154 g/mol.